The Bertz CT molecular complexity index is 1060. The molecule has 0 aliphatic carbocycles. The molecule has 0 aliphatic rings. The van der Waals surface area contributed by atoms with E-state index in [1.807, 2.05) is 24.3 Å². The molecule has 4 aromatic carbocycles. The average molecular weight is 408 g/mol. The number of nitrogens with zero attached hydrogens (tertiary/aromatic N) is 1. The summed E-state index contributed by atoms with van der Waals surface area (Å²) in [6, 6.07) is 39.6. The predicted molar refractivity (Wildman–Crippen MR) is 128 cm³/mol. The van der Waals surface area contributed by atoms with Crippen molar-refractivity contribution in [3.8, 4) is 5.75 Å². The molecule has 156 valence electrons. The molecule has 0 saturated carbocycles. The zero-order valence-electron chi connectivity index (χ0n) is 17.9. The first-order chi connectivity index (χ1) is 15.2. The Balaban J connectivity index is 1.78. The van der Waals surface area contributed by atoms with Crippen LogP contribution in [0.5, 0.6) is 5.75 Å². The highest BCUT2D eigenvalue weighted by Gasteiger charge is 2.29. The summed E-state index contributed by atoms with van der Waals surface area (Å²) in [6.45, 7) is 3.13. The van der Waals surface area contributed by atoms with Crippen molar-refractivity contribution in [3.05, 3.63) is 138 Å². The van der Waals surface area contributed by atoms with Gasteiger partial charge in [-0.05, 0) is 36.1 Å². The van der Waals surface area contributed by atoms with Gasteiger partial charge < -0.3 is 5.11 Å². The van der Waals surface area contributed by atoms with Crippen molar-refractivity contribution in [3.63, 3.8) is 0 Å². The van der Waals surface area contributed by atoms with E-state index in [2.05, 4.69) is 96.8 Å². The number of aromatic hydroxyl groups is 1. The van der Waals surface area contributed by atoms with Gasteiger partial charge in [0.2, 0.25) is 0 Å². The van der Waals surface area contributed by atoms with Gasteiger partial charge in [-0.15, -0.1) is 0 Å². The van der Waals surface area contributed by atoms with Crippen LogP contribution >= 0.6 is 0 Å². The minimum atomic E-state index is -0.0543. The van der Waals surface area contributed by atoms with Gasteiger partial charge in [0.05, 0.1) is 6.04 Å². The summed E-state index contributed by atoms with van der Waals surface area (Å²) in [5.41, 5.74) is 4.70. The first kappa shape index (κ1) is 20.9. The second-order valence-corrected chi connectivity index (χ2v) is 7.93. The molecule has 2 heteroatoms. The number of phenols is 1. The molecule has 4 rings (SSSR count). The van der Waals surface area contributed by atoms with E-state index in [9.17, 15) is 5.11 Å². The first-order valence-electron chi connectivity index (χ1n) is 10.9. The van der Waals surface area contributed by atoms with E-state index in [1.54, 1.807) is 6.07 Å². The molecule has 0 spiro atoms. The maximum absolute atomic E-state index is 10.8. The topological polar surface area (TPSA) is 23.5 Å². The van der Waals surface area contributed by atoms with Crippen LogP contribution in [-0.2, 0) is 6.42 Å². The molecule has 0 radical (unpaired) electrons. The third-order valence-corrected chi connectivity index (χ3v) is 5.96. The highest BCUT2D eigenvalue weighted by Crippen LogP contribution is 2.39. The molecule has 0 saturated heterocycles. The fourth-order valence-corrected chi connectivity index (χ4v) is 4.28. The van der Waals surface area contributed by atoms with Crippen molar-refractivity contribution >= 4 is 0 Å². The maximum Gasteiger partial charge on any atom is 0.120 e. The number of rotatable bonds is 8. The average Bonchev–Trinajstić information content (AvgIpc) is 2.84. The predicted octanol–water partition coefficient (Wildman–Crippen LogP) is 6.79. The lowest BCUT2D eigenvalue weighted by atomic mass is 9.93. The van der Waals surface area contributed by atoms with Crippen LogP contribution in [0.2, 0.25) is 0 Å². The number of phenolic OH excluding ortho intramolecular Hbond substituents is 1. The Hall–Kier alpha value is -3.36. The zero-order chi connectivity index (χ0) is 21.5. The van der Waals surface area contributed by atoms with Crippen molar-refractivity contribution in [2.45, 2.75) is 25.4 Å². The molecule has 1 N–H and O–H groups in total. The van der Waals surface area contributed by atoms with E-state index >= 15 is 0 Å². The van der Waals surface area contributed by atoms with E-state index in [1.165, 1.54) is 16.7 Å². The first-order valence-corrected chi connectivity index (χ1v) is 10.9. The van der Waals surface area contributed by atoms with Gasteiger partial charge in [-0.2, -0.15) is 0 Å². The quantitative estimate of drug-likeness (QED) is 0.348. The molecule has 0 amide bonds. The third-order valence-electron chi connectivity index (χ3n) is 5.96. The Morgan fingerprint density at radius 2 is 1.16 bits per heavy atom. The van der Waals surface area contributed by atoms with Crippen molar-refractivity contribution in [2.75, 3.05) is 6.54 Å². The fourth-order valence-electron chi connectivity index (χ4n) is 4.28. The third kappa shape index (κ3) is 5.04. The van der Waals surface area contributed by atoms with Gasteiger partial charge in [-0.25, -0.2) is 0 Å². The van der Waals surface area contributed by atoms with E-state index in [-0.39, 0.29) is 12.1 Å². The maximum atomic E-state index is 10.8. The van der Waals surface area contributed by atoms with Crippen LogP contribution in [0.3, 0.4) is 0 Å². The number of para-hydroxylation sites is 1. The van der Waals surface area contributed by atoms with Crippen LogP contribution in [0.25, 0.3) is 0 Å². The van der Waals surface area contributed by atoms with Gasteiger partial charge in [0.15, 0.2) is 0 Å². The fraction of sp³-hybridized carbons (Fsp3) is 0.172. The largest absolute Gasteiger partial charge is 0.508 e. The molecule has 0 heterocycles. The van der Waals surface area contributed by atoms with Crippen LogP contribution in [-0.4, -0.2) is 16.6 Å². The Labute approximate surface area is 185 Å². The summed E-state index contributed by atoms with van der Waals surface area (Å²) in [7, 11) is 0. The highest BCUT2D eigenvalue weighted by atomic mass is 16.3. The van der Waals surface area contributed by atoms with Crippen molar-refractivity contribution in [2.24, 2.45) is 0 Å². The van der Waals surface area contributed by atoms with Gasteiger partial charge >= 0.3 is 0 Å². The standard InChI is InChI=1S/C29H29NO/c1-23(25-15-7-3-8-16-25)30(22-21-24-13-5-2-6-14-24)29(26-17-9-4-10-18-26)27-19-11-12-20-28(27)31/h2-20,23,29,31H,21-22H2,1H3/t23-,29-/m1/s1. The second kappa shape index (κ2) is 10.1. The second-order valence-electron chi connectivity index (χ2n) is 7.93. The van der Waals surface area contributed by atoms with E-state index in [0.717, 1.165) is 18.5 Å². The summed E-state index contributed by atoms with van der Waals surface area (Å²) < 4.78 is 0. The zero-order valence-corrected chi connectivity index (χ0v) is 17.9. The molecule has 2 nitrogen and oxygen atoms in total. The SMILES string of the molecule is C[C@H](c1ccccc1)N(CCc1ccccc1)[C@H](c1ccccc1)c1ccccc1O. The summed E-state index contributed by atoms with van der Waals surface area (Å²) in [5.74, 6) is 0.335. The van der Waals surface area contributed by atoms with Crippen molar-refractivity contribution < 1.29 is 5.11 Å². The molecule has 0 aliphatic heterocycles. The molecule has 2 atom stereocenters. The van der Waals surface area contributed by atoms with Gasteiger partial charge in [0, 0.05) is 18.2 Å². The Morgan fingerprint density at radius 1 is 0.645 bits per heavy atom. The van der Waals surface area contributed by atoms with Gasteiger partial charge in [-0.1, -0.05) is 109 Å². The molecule has 0 fully saturated rings. The van der Waals surface area contributed by atoms with E-state index in [4.69, 9.17) is 0 Å². The number of benzene rings is 4. The van der Waals surface area contributed by atoms with Crippen LogP contribution in [0.15, 0.2) is 115 Å². The summed E-state index contributed by atoms with van der Waals surface area (Å²) in [5, 5.41) is 10.8. The van der Waals surface area contributed by atoms with E-state index < -0.39 is 0 Å². The number of hydrogen-bond donors (Lipinski definition) is 1. The molecule has 4 aromatic rings. The molecule has 31 heavy (non-hydrogen) atoms. The lowest BCUT2D eigenvalue weighted by Crippen LogP contribution is -2.34. The van der Waals surface area contributed by atoms with Crippen LogP contribution in [0.4, 0.5) is 0 Å². The normalized spacial score (nSPS) is 13.1. The van der Waals surface area contributed by atoms with Crippen molar-refractivity contribution in [1.29, 1.82) is 0 Å². The van der Waals surface area contributed by atoms with Crippen molar-refractivity contribution in [1.82, 2.24) is 4.90 Å². The lowest BCUT2D eigenvalue weighted by Gasteiger charge is -2.38. The molecular weight excluding hydrogens is 378 g/mol. The van der Waals surface area contributed by atoms with E-state index in [0.29, 0.717) is 5.75 Å². The Kier molecular flexibility index (Phi) is 6.81. The Morgan fingerprint density at radius 3 is 1.77 bits per heavy atom. The monoisotopic (exact) mass is 407 g/mol. The molecular formula is C29H29NO. The van der Waals surface area contributed by atoms with Gasteiger partial charge in [0.1, 0.15) is 5.75 Å². The lowest BCUT2D eigenvalue weighted by molar-refractivity contribution is 0.166. The molecule has 0 bridgehead atoms. The highest BCUT2D eigenvalue weighted by molar-refractivity contribution is 5.41. The van der Waals surface area contributed by atoms with Gasteiger partial charge in [-0.3, -0.25) is 4.90 Å². The van der Waals surface area contributed by atoms with Crippen LogP contribution in [0.1, 0.15) is 41.3 Å². The minimum absolute atomic E-state index is 0.0543. The van der Waals surface area contributed by atoms with Crippen LogP contribution in [0, 0.1) is 0 Å². The molecule has 0 unspecified atom stereocenters. The smallest absolute Gasteiger partial charge is 0.120 e. The van der Waals surface area contributed by atoms with Crippen LogP contribution < -0.4 is 0 Å². The minimum Gasteiger partial charge on any atom is -0.508 e. The number of hydrogen-bond acceptors (Lipinski definition) is 2. The van der Waals surface area contributed by atoms with Gasteiger partial charge in [0.25, 0.3) is 0 Å². The summed E-state index contributed by atoms with van der Waals surface area (Å²) >= 11 is 0. The molecule has 0 aromatic heterocycles. The summed E-state index contributed by atoms with van der Waals surface area (Å²) in [4.78, 5) is 2.51. The summed E-state index contributed by atoms with van der Waals surface area (Å²) in [6.07, 6.45) is 0.939.